The maximum absolute atomic E-state index is 11.9. The summed E-state index contributed by atoms with van der Waals surface area (Å²) in [5.41, 5.74) is 5.46. The third kappa shape index (κ3) is 2.83. The molecule has 6 heteroatoms. The molecule has 1 aromatic heterocycles. The number of nitrogens with zero attached hydrogens (tertiary/aromatic N) is 4. The summed E-state index contributed by atoms with van der Waals surface area (Å²) < 4.78 is 0. The van der Waals surface area contributed by atoms with Gasteiger partial charge in [0.25, 0.3) is 0 Å². The summed E-state index contributed by atoms with van der Waals surface area (Å²) >= 11 is 0. The van der Waals surface area contributed by atoms with Crippen molar-refractivity contribution in [3.8, 4) is 0 Å². The topological polar surface area (TPSA) is 75.4 Å². The fourth-order valence-electron chi connectivity index (χ4n) is 1.88. The molecular formula is C11H17N5O. The molecule has 2 N–H and O–H groups in total. The second-order valence-corrected chi connectivity index (χ2v) is 4.24. The first kappa shape index (κ1) is 11.6. The number of rotatable bonds is 3. The van der Waals surface area contributed by atoms with Crippen LogP contribution in [-0.4, -0.2) is 47.5 Å². The standard InChI is InChI=1S/C11H17N5O/c1-15(10-7-13-9(12)6-14-10)8-11(17)16-4-2-3-5-16/h6-7H,2-5,8H2,1H3,(H2,12,13). The van der Waals surface area contributed by atoms with Crippen molar-refractivity contribution < 1.29 is 4.79 Å². The van der Waals surface area contributed by atoms with Crippen LogP contribution in [0.25, 0.3) is 0 Å². The molecule has 2 heterocycles. The van der Waals surface area contributed by atoms with Gasteiger partial charge in [0, 0.05) is 20.1 Å². The number of likely N-dealkylation sites (tertiary alicyclic amines) is 1. The highest BCUT2D eigenvalue weighted by atomic mass is 16.2. The van der Waals surface area contributed by atoms with Gasteiger partial charge in [-0.05, 0) is 12.8 Å². The molecule has 0 saturated carbocycles. The number of carbonyl (C=O) groups excluding carboxylic acids is 1. The second kappa shape index (κ2) is 4.99. The van der Waals surface area contributed by atoms with Crippen LogP contribution in [0.4, 0.5) is 11.6 Å². The highest BCUT2D eigenvalue weighted by Gasteiger charge is 2.19. The summed E-state index contributed by atoms with van der Waals surface area (Å²) in [5.74, 6) is 1.18. The van der Waals surface area contributed by atoms with Gasteiger partial charge in [-0.2, -0.15) is 0 Å². The first-order valence-corrected chi connectivity index (χ1v) is 5.73. The third-order valence-electron chi connectivity index (χ3n) is 2.88. The third-order valence-corrected chi connectivity index (χ3v) is 2.88. The SMILES string of the molecule is CN(CC(=O)N1CCCC1)c1cnc(N)cn1. The molecule has 17 heavy (non-hydrogen) atoms. The Hall–Kier alpha value is -1.85. The van der Waals surface area contributed by atoms with Crippen LogP contribution in [0.5, 0.6) is 0 Å². The first-order valence-electron chi connectivity index (χ1n) is 5.73. The maximum Gasteiger partial charge on any atom is 0.242 e. The minimum atomic E-state index is 0.142. The molecule has 0 aromatic carbocycles. The largest absolute Gasteiger partial charge is 0.382 e. The average Bonchev–Trinajstić information content (AvgIpc) is 2.83. The Bertz CT molecular complexity index is 385. The van der Waals surface area contributed by atoms with E-state index in [1.807, 2.05) is 11.9 Å². The molecule has 1 aromatic rings. The highest BCUT2D eigenvalue weighted by Crippen LogP contribution is 2.11. The minimum Gasteiger partial charge on any atom is -0.382 e. The van der Waals surface area contributed by atoms with Crippen LogP contribution >= 0.6 is 0 Å². The summed E-state index contributed by atoms with van der Waals surface area (Å²) in [5, 5.41) is 0. The van der Waals surface area contributed by atoms with E-state index in [-0.39, 0.29) is 5.91 Å². The van der Waals surface area contributed by atoms with E-state index in [4.69, 9.17) is 5.73 Å². The minimum absolute atomic E-state index is 0.142. The van der Waals surface area contributed by atoms with Gasteiger partial charge >= 0.3 is 0 Å². The van der Waals surface area contributed by atoms with Gasteiger partial charge in [-0.15, -0.1) is 0 Å². The molecule has 2 rings (SSSR count). The number of likely N-dealkylation sites (N-methyl/N-ethyl adjacent to an activating group) is 1. The van der Waals surface area contributed by atoms with E-state index in [0.717, 1.165) is 25.9 Å². The van der Waals surface area contributed by atoms with Crippen molar-refractivity contribution in [1.82, 2.24) is 14.9 Å². The Labute approximate surface area is 100 Å². The van der Waals surface area contributed by atoms with Gasteiger partial charge in [-0.3, -0.25) is 4.79 Å². The smallest absolute Gasteiger partial charge is 0.242 e. The molecule has 6 nitrogen and oxygen atoms in total. The molecule has 0 bridgehead atoms. The van der Waals surface area contributed by atoms with Crippen molar-refractivity contribution in [1.29, 1.82) is 0 Å². The number of nitrogens with two attached hydrogens (primary N) is 1. The molecule has 92 valence electrons. The van der Waals surface area contributed by atoms with Crippen molar-refractivity contribution in [2.45, 2.75) is 12.8 Å². The summed E-state index contributed by atoms with van der Waals surface area (Å²) in [6, 6.07) is 0. The van der Waals surface area contributed by atoms with Crippen molar-refractivity contribution in [3.63, 3.8) is 0 Å². The van der Waals surface area contributed by atoms with E-state index >= 15 is 0 Å². The Morgan fingerprint density at radius 3 is 2.71 bits per heavy atom. The molecule has 1 aliphatic rings. The van der Waals surface area contributed by atoms with Crippen LogP contribution in [0.15, 0.2) is 12.4 Å². The van der Waals surface area contributed by atoms with Gasteiger partial charge in [0.05, 0.1) is 18.9 Å². The lowest BCUT2D eigenvalue weighted by Gasteiger charge is -2.21. The van der Waals surface area contributed by atoms with Crippen LogP contribution in [0.1, 0.15) is 12.8 Å². The van der Waals surface area contributed by atoms with Gasteiger partial charge in [0.1, 0.15) is 11.6 Å². The Kier molecular flexibility index (Phi) is 3.41. The molecule has 0 aliphatic carbocycles. The normalized spacial score (nSPS) is 15.0. The molecule has 0 radical (unpaired) electrons. The van der Waals surface area contributed by atoms with Gasteiger partial charge in [0.15, 0.2) is 0 Å². The quantitative estimate of drug-likeness (QED) is 0.805. The molecule has 0 spiro atoms. The number of amides is 1. The zero-order valence-corrected chi connectivity index (χ0v) is 9.96. The first-order chi connectivity index (χ1) is 8.16. The van der Waals surface area contributed by atoms with Crippen LogP contribution in [0, 0.1) is 0 Å². The van der Waals surface area contributed by atoms with Crippen LogP contribution < -0.4 is 10.6 Å². The number of hydrogen-bond acceptors (Lipinski definition) is 5. The van der Waals surface area contributed by atoms with Gasteiger partial charge in [0.2, 0.25) is 5.91 Å². The molecule has 0 atom stereocenters. The lowest BCUT2D eigenvalue weighted by Crippen LogP contribution is -2.37. The molecule has 1 saturated heterocycles. The zero-order valence-electron chi connectivity index (χ0n) is 9.96. The highest BCUT2D eigenvalue weighted by molar-refractivity contribution is 5.81. The molecule has 1 fully saturated rings. The molecular weight excluding hydrogens is 218 g/mol. The lowest BCUT2D eigenvalue weighted by molar-refractivity contribution is -0.128. The predicted octanol–water partition coefficient (Wildman–Crippen LogP) is 0.117. The molecule has 0 unspecified atom stereocenters. The van der Waals surface area contributed by atoms with Gasteiger partial charge in [-0.1, -0.05) is 0 Å². The van der Waals surface area contributed by atoms with E-state index < -0.39 is 0 Å². The number of aromatic nitrogens is 2. The van der Waals surface area contributed by atoms with Crippen molar-refractivity contribution in [2.75, 3.05) is 37.3 Å². The Balaban J connectivity index is 1.93. The zero-order chi connectivity index (χ0) is 12.3. The second-order valence-electron chi connectivity index (χ2n) is 4.24. The van der Waals surface area contributed by atoms with Gasteiger partial charge in [-0.25, -0.2) is 9.97 Å². The van der Waals surface area contributed by atoms with E-state index in [0.29, 0.717) is 18.2 Å². The number of nitrogen functional groups attached to an aromatic ring is 1. The Morgan fingerprint density at radius 2 is 2.12 bits per heavy atom. The molecule has 1 aliphatic heterocycles. The number of carbonyl (C=O) groups is 1. The summed E-state index contributed by atoms with van der Waals surface area (Å²) in [7, 11) is 1.83. The summed E-state index contributed by atoms with van der Waals surface area (Å²) in [4.78, 5) is 23.7. The number of anilines is 2. The van der Waals surface area contributed by atoms with E-state index in [2.05, 4.69) is 9.97 Å². The van der Waals surface area contributed by atoms with Crippen LogP contribution in [0.3, 0.4) is 0 Å². The fourth-order valence-corrected chi connectivity index (χ4v) is 1.88. The predicted molar refractivity (Wildman–Crippen MR) is 65.5 cm³/mol. The Morgan fingerprint density at radius 1 is 1.41 bits per heavy atom. The van der Waals surface area contributed by atoms with E-state index in [1.54, 1.807) is 11.1 Å². The summed E-state index contributed by atoms with van der Waals surface area (Å²) in [6.07, 6.45) is 5.28. The van der Waals surface area contributed by atoms with Crippen molar-refractivity contribution >= 4 is 17.5 Å². The van der Waals surface area contributed by atoms with Gasteiger partial charge < -0.3 is 15.5 Å². The molecule has 1 amide bonds. The lowest BCUT2D eigenvalue weighted by atomic mass is 10.4. The number of hydrogen-bond donors (Lipinski definition) is 1. The van der Waals surface area contributed by atoms with Crippen LogP contribution in [-0.2, 0) is 4.79 Å². The van der Waals surface area contributed by atoms with E-state index in [9.17, 15) is 4.79 Å². The van der Waals surface area contributed by atoms with Crippen molar-refractivity contribution in [2.24, 2.45) is 0 Å². The average molecular weight is 235 g/mol. The van der Waals surface area contributed by atoms with E-state index in [1.165, 1.54) is 6.20 Å². The maximum atomic E-state index is 11.9. The van der Waals surface area contributed by atoms with Crippen LogP contribution in [0.2, 0.25) is 0 Å². The monoisotopic (exact) mass is 235 g/mol. The van der Waals surface area contributed by atoms with Crippen molar-refractivity contribution in [3.05, 3.63) is 12.4 Å². The fraction of sp³-hybridized carbons (Fsp3) is 0.545. The summed E-state index contributed by atoms with van der Waals surface area (Å²) in [6.45, 7) is 2.08.